The topological polar surface area (TPSA) is 566 Å². The lowest BCUT2D eigenvalue weighted by atomic mass is 9.83. The van der Waals surface area contributed by atoms with E-state index in [1.165, 1.54) is 11.9 Å². The minimum Gasteiger partial charge on any atom is -0.445 e. The quantitative estimate of drug-likeness (QED) is 0.0549. The third kappa shape index (κ3) is 18.2. The third-order valence-electron chi connectivity index (χ3n) is 20.0. The normalized spacial score (nSPS) is 43.2. The summed E-state index contributed by atoms with van der Waals surface area (Å²) in [5, 5.41) is 128. The molecule has 7 heterocycles. The number of hydrogen-bond acceptors (Lipinski definition) is 33. The largest absolute Gasteiger partial charge is 0.445 e. The van der Waals surface area contributed by atoms with Crippen LogP contribution in [0.15, 0.2) is 60.7 Å². The predicted molar refractivity (Wildman–Crippen MR) is 347 cm³/mol. The van der Waals surface area contributed by atoms with Crippen molar-refractivity contribution >= 4 is 24.2 Å². The second-order valence-electron chi connectivity index (χ2n) is 27.1. The summed E-state index contributed by atoms with van der Waals surface area (Å²) in [7, 11) is 3.00. The Morgan fingerprint density at radius 3 is 1.69 bits per heavy atom. The third-order valence-corrected chi connectivity index (χ3v) is 20.0. The molecule has 576 valence electrons. The highest BCUT2D eigenvalue weighted by Gasteiger charge is 2.62. The number of hydrogen-bond donors (Lipinski definition) is 19. The van der Waals surface area contributed by atoms with Gasteiger partial charge in [0.05, 0.1) is 67.8 Å². The Labute approximate surface area is 588 Å². The number of fused-ring (bicyclic) bond motifs is 4. The molecule has 0 bridgehead atoms. The van der Waals surface area contributed by atoms with E-state index in [0.717, 1.165) is 11.1 Å². The van der Waals surface area contributed by atoms with Gasteiger partial charge in [0.15, 0.2) is 43.8 Å². The smallest absolute Gasteiger partial charge is 0.410 e. The van der Waals surface area contributed by atoms with Crippen molar-refractivity contribution in [2.75, 3.05) is 27.3 Å². The van der Waals surface area contributed by atoms with Crippen molar-refractivity contribution in [2.24, 2.45) is 28.9 Å². The highest BCUT2D eigenvalue weighted by atomic mass is 16.8. The molecule has 4 amide bonds. The number of ether oxygens (including phenoxy) is 13. The van der Waals surface area contributed by atoms with E-state index in [2.05, 4.69) is 21.3 Å². The Morgan fingerprint density at radius 2 is 1.08 bits per heavy atom. The van der Waals surface area contributed by atoms with Gasteiger partial charge in [-0.2, -0.15) is 0 Å². The molecule has 2 aliphatic carbocycles. The maximum Gasteiger partial charge on any atom is 0.410 e. The van der Waals surface area contributed by atoms with Crippen LogP contribution in [0.3, 0.4) is 0 Å². The number of rotatable bonds is 20. The summed E-state index contributed by atoms with van der Waals surface area (Å²) in [6.45, 7) is 2.35. The molecule has 34 atom stereocenters. The maximum atomic E-state index is 13.2. The van der Waals surface area contributed by atoms with Gasteiger partial charge in [-0.25, -0.2) is 14.4 Å². The molecule has 9 aliphatic rings. The second-order valence-corrected chi connectivity index (χ2v) is 27.1. The van der Waals surface area contributed by atoms with Crippen molar-refractivity contribution in [3.8, 4) is 0 Å². The first-order valence-corrected chi connectivity index (χ1v) is 34.0. The number of carbonyl (C=O) groups excluding carboxylic acids is 4. The molecular formula is C65H103N9O28. The number of nitrogens with two attached hydrogens (primary N) is 4. The van der Waals surface area contributed by atoms with E-state index in [4.69, 9.17) is 84.5 Å². The van der Waals surface area contributed by atoms with E-state index in [-0.39, 0.29) is 58.7 Å². The fraction of sp³-hybridized carbons (Fsp3) is 0.754. The molecule has 37 nitrogen and oxygen atoms in total. The number of nitrogens with one attached hydrogen (secondary N) is 4. The van der Waals surface area contributed by atoms with Gasteiger partial charge in [0.1, 0.15) is 105 Å². The molecule has 9 fully saturated rings. The number of aliphatic hydroxyl groups is 11. The van der Waals surface area contributed by atoms with Crippen LogP contribution in [-0.2, 0) is 79.6 Å². The van der Waals surface area contributed by atoms with Gasteiger partial charge in [-0.3, -0.25) is 9.69 Å². The van der Waals surface area contributed by atoms with Crippen molar-refractivity contribution in [3.63, 3.8) is 0 Å². The van der Waals surface area contributed by atoms with Crippen LogP contribution in [-0.4, -0.2) is 315 Å². The zero-order chi connectivity index (χ0) is 72.8. The summed E-state index contributed by atoms with van der Waals surface area (Å²) in [5.74, 6) is -0.844. The average molecular weight is 1460 g/mol. The Kier molecular flexibility index (Phi) is 28.4. The van der Waals surface area contributed by atoms with E-state index in [1.54, 1.807) is 62.5 Å². The van der Waals surface area contributed by atoms with Gasteiger partial charge in [0, 0.05) is 31.5 Å². The number of amides is 4. The first-order chi connectivity index (χ1) is 48.2. The van der Waals surface area contributed by atoms with E-state index < -0.39 is 239 Å². The Morgan fingerprint density at radius 1 is 0.529 bits per heavy atom. The lowest BCUT2D eigenvalue weighted by molar-refractivity contribution is -0.375. The standard InChI is InChI=1S/C39H52N4O16.C25H47N5O12.CH4/c1-18-13-23-32(33-26(43(2)39(51)58-33)35(54-23)59-36-30(48)28(46)25(40)24(15-44)55-36)57-34(18)56-31-22(42-38(50)53-17-20-11-7-4-8-12-20)14-21(27(45)29(31)47)41-37(49)52-16-19-9-5-3-6-10-19;1-3-4-13(32)30-14-12(7-31)39-25(20(37)17(14)34)42-24-15(29-2)18(35)22-11(38-24)6-10(28)23(41-22)40-21-9(27)5-8(26)16(33)19(21)36;/h3-12,18,21-36,44-48H,13-17,40H2,1-2H3,(H,41,49)(H,42,50);8-12,14-25,29,31,33-37H,3-7,26-28H2,1-2H3,(H,30,32);1H4/t18?,21-,22?,23+,24?,25-,26?,27?,28+,29-,30?,31-,32?,33?,34+,35?,36-;8-,9?,10?,11+,12?,14-,15?,16?,17+,18?,19-,20?,21-,22?,23+,24?,25-;/m11./s1. The summed E-state index contributed by atoms with van der Waals surface area (Å²) in [4.78, 5) is 52.3. The average Bonchev–Trinajstić information content (AvgIpc) is 1.48. The van der Waals surface area contributed by atoms with Crippen LogP contribution < -0.4 is 44.2 Å². The molecule has 102 heavy (non-hydrogen) atoms. The van der Waals surface area contributed by atoms with Gasteiger partial charge in [0.25, 0.3) is 0 Å². The highest BCUT2D eigenvalue weighted by Crippen LogP contribution is 2.43. The Hall–Kier alpha value is -5.32. The minimum atomic E-state index is -1.67. The van der Waals surface area contributed by atoms with Gasteiger partial charge in [0.2, 0.25) is 5.91 Å². The SMILES string of the molecule is C.CC1C[C@@H]2OC(O[C@H]3OC(CO)[C@@H](N)[C@H](O)C3O)C3C(OC(=O)N3C)C2O[C@@H]1O[C@@H]1C(NC(=O)OCc2ccccc2)C[C@@H](NC(=O)OCc2ccccc2)C(O)[C@H]1O.CCCC(=O)N[C@@H]1C(CO)O[C@H](OC2O[C@H]3CC(N)[C@@H](O[C@@H]4C(N)C[C@@H](N)C(O)[C@H]4O)OC3C(O)C2NC)C(O)[C@H]1O. The van der Waals surface area contributed by atoms with Crippen LogP contribution in [0.25, 0.3) is 0 Å². The molecule has 7 aliphatic heterocycles. The van der Waals surface area contributed by atoms with Crippen molar-refractivity contribution in [3.05, 3.63) is 71.8 Å². The number of benzene rings is 2. The number of aliphatic hydroxyl groups excluding tert-OH is 11. The van der Waals surface area contributed by atoms with Crippen molar-refractivity contribution in [1.29, 1.82) is 0 Å². The van der Waals surface area contributed by atoms with E-state index in [0.29, 0.717) is 6.42 Å². The number of alkyl carbamates (subject to hydrolysis) is 2. The van der Waals surface area contributed by atoms with Crippen LogP contribution >= 0.6 is 0 Å². The zero-order valence-electron chi connectivity index (χ0n) is 56.1. The van der Waals surface area contributed by atoms with Gasteiger partial charge >= 0.3 is 18.3 Å². The number of likely N-dealkylation sites (N-methyl/N-ethyl adjacent to an activating group) is 2. The van der Waals surface area contributed by atoms with Crippen LogP contribution in [0.2, 0.25) is 0 Å². The molecule has 23 N–H and O–H groups in total. The first kappa shape index (κ1) is 80.8. The molecule has 0 aromatic heterocycles. The molecule has 18 unspecified atom stereocenters. The van der Waals surface area contributed by atoms with Crippen molar-refractivity contribution < 1.29 is 137 Å². The molecule has 7 saturated heterocycles. The van der Waals surface area contributed by atoms with Gasteiger partial charge in [-0.15, -0.1) is 0 Å². The number of nitrogens with zero attached hydrogens (tertiary/aromatic N) is 1. The monoisotopic (exact) mass is 1460 g/mol. The molecule has 37 heteroatoms. The summed E-state index contributed by atoms with van der Waals surface area (Å²) in [5.41, 5.74) is 25.6. The van der Waals surface area contributed by atoms with Gasteiger partial charge < -0.3 is 162 Å². The molecule has 11 rings (SSSR count). The van der Waals surface area contributed by atoms with Crippen LogP contribution in [0.1, 0.15) is 70.9 Å². The summed E-state index contributed by atoms with van der Waals surface area (Å²) < 4.78 is 77.0. The molecule has 0 spiro atoms. The van der Waals surface area contributed by atoms with E-state index in [9.17, 15) is 75.3 Å². The van der Waals surface area contributed by atoms with Crippen LogP contribution in [0.5, 0.6) is 0 Å². The van der Waals surface area contributed by atoms with Crippen molar-refractivity contribution in [1.82, 2.24) is 26.2 Å². The summed E-state index contributed by atoms with van der Waals surface area (Å²) in [6.07, 6.45) is -31.2. The maximum absolute atomic E-state index is 13.2. The lowest BCUT2D eigenvalue weighted by Crippen LogP contribution is -2.70. The highest BCUT2D eigenvalue weighted by molar-refractivity contribution is 5.76. The molecule has 2 aromatic carbocycles. The van der Waals surface area contributed by atoms with Crippen LogP contribution in [0, 0.1) is 5.92 Å². The van der Waals surface area contributed by atoms with Gasteiger partial charge in [-0.05, 0) is 50.3 Å². The molecule has 2 aromatic rings. The van der Waals surface area contributed by atoms with Gasteiger partial charge in [-0.1, -0.05) is 81.9 Å². The Bertz CT molecular complexity index is 2990. The fourth-order valence-electron chi connectivity index (χ4n) is 14.3. The fourth-order valence-corrected chi connectivity index (χ4v) is 14.3. The first-order valence-electron chi connectivity index (χ1n) is 34.0. The summed E-state index contributed by atoms with van der Waals surface area (Å²) in [6, 6.07) is 9.57. The van der Waals surface area contributed by atoms with Crippen molar-refractivity contribution in [2.45, 2.75) is 275 Å². The number of carbonyl (C=O) groups is 4. The molecule has 0 radical (unpaired) electrons. The Balaban J connectivity index is 0.000000249. The molecular weight excluding hydrogens is 1350 g/mol. The zero-order valence-corrected chi connectivity index (χ0v) is 56.1. The second kappa shape index (κ2) is 35.8. The predicted octanol–water partition coefficient (Wildman–Crippen LogP) is -6.19. The van der Waals surface area contributed by atoms with E-state index >= 15 is 0 Å². The van der Waals surface area contributed by atoms with Crippen LogP contribution in [0.4, 0.5) is 14.4 Å². The van der Waals surface area contributed by atoms with E-state index in [1.807, 2.05) is 19.1 Å². The lowest BCUT2D eigenvalue weighted by Gasteiger charge is -2.51. The summed E-state index contributed by atoms with van der Waals surface area (Å²) >= 11 is 0. The molecule has 2 saturated carbocycles. The minimum absolute atomic E-state index is 0.